The number of nitrogens with two attached hydrogens (primary N) is 1. The second-order valence-corrected chi connectivity index (χ2v) is 4.99. The summed E-state index contributed by atoms with van der Waals surface area (Å²) in [5, 5.41) is 7.81. The maximum atomic E-state index is 10.6. The monoisotopic (exact) mass is 245 g/mol. The Kier molecular flexibility index (Phi) is 4.66. The van der Waals surface area contributed by atoms with Gasteiger partial charge in [-0.3, -0.25) is 0 Å². The first-order valence-electron chi connectivity index (χ1n) is 4.71. The first-order chi connectivity index (χ1) is 7.51. The third-order valence-corrected chi connectivity index (χ3v) is 2.67. The largest absolute Gasteiger partial charge is 0.481 e. The molecule has 0 spiro atoms. The summed E-state index contributed by atoms with van der Waals surface area (Å²) in [7, 11) is -1.84. The van der Waals surface area contributed by atoms with Gasteiger partial charge in [0, 0.05) is 25.4 Å². The van der Waals surface area contributed by atoms with Gasteiger partial charge >= 0.3 is 0 Å². The van der Waals surface area contributed by atoms with Crippen molar-refractivity contribution in [2.45, 2.75) is 6.54 Å². The molecule has 0 aliphatic heterocycles. The molecule has 1 heterocycles. The molecule has 0 aliphatic carbocycles. The predicted octanol–water partition coefficient (Wildman–Crippen LogP) is -0.532. The van der Waals surface area contributed by atoms with Crippen LogP contribution in [0, 0.1) is 0 Å². The summed E-state index contributed by atoms with van der Waals surface area (Å²) < 4.78 is 26.2. The number of aromatic nitrogens is 1. The van der Waals surface area contributed by atoms with Crippen LogP contribution in [0.4, 0.5) is 0 Å². The summed E-state index contributed by atoms with van der Waals surface area (Å²) in [6.45, 7) is 0.872. The molecule has 0 bridgehead atoms. The van der Waals surface area contributed by atoms with Crippen molar-refractivity contribution in [3.05, 3.63) is 23.9 Å². The Balaban J connectivity index is 2.32. The number of nitrogens with zero attached hydrogens (tertiary/aromatic N) is 1. The van der Waals surface area contributed by atoms with E-state index in [1.807, 2.05) is 6.07 Å². The molecule has 7 heteroatoms. The Labute approximate surface area is 94.9 Å². The third-order valence-electron chi connectivity index (χ3n) is 1.90. The van der Waals surface area contributed by atoms with E-state index in [0.717, 1.165) is 5.56 Å². The Morgan fingerprint density at radius 1 is 1.50 bits per heavy atom. The fourth-order valence-corrected chi connectivity index (χ4v) is 1.51. The second-order valence-electron chi connectivity index (χ2n) is 3.25. The summed E-state index contributed by atoms with van der Waals surface area (Å²) in [5.41, 5.74) is 0.954. The van der Waals surface area contributed by atoms with Crippen LogP contribution in [-0.4, -0.2) is 32.8 Å². The molecule has 0 saturated heterocycles. The molecular weight excluding hydrogens is 230 g/mol. The van der Waals surface area contributed by atoms with Crippen LogP contribution in [0.15, 0.2) is 18.3 Å². The number of pyridine rings is 1. The average molecular weight is 245 g/mol. The zero-order chi connectivity index (χ0) is 12.0. The molecule has 1 rings (SSSR count). The second kappa shape index (κ2) is 5.78. The minimum absolute atomic E-state index is 0.0728. The first kappa shape index (κ1) is 12.9. The van der Waals surface area contributed by atoms with Crippen LogP contribution >= 0.6 is 0 Å². The van der Waals surface area contributed by atoms with Crippen molar-refractivity contribution in [3.8, 4) is 5.88 Å². The van der Waals surface area contributed by atoms with Gasteiger partial charge in [-0.05, 0) is 5.56 Å². The van der Waals surface area contributed by atoms with E-state index >= 15 is 0 Å². The van der Waals surface area contributed by atoms with Gasteiger partial charge < -0.3 is 10.1 Å². The molecule has 0 fully saturated rings. The van der Waals surface area contributed by atoms with Crippen LogP contribution in [0.3, 0.4) is 0 Å². The molecule has 0 radical (unpaired) electrons. The molecule has 3 N–H and O–H groups in total. The minimum atomic E-state index is -3.39. The summed E-state index contributed by atoms with van der Waals surface area (Å²) in [6, 6.07) is 3.60. The zero-order valence-electron chi connectivity index (χ0n) is 9.01. The van der Waals surface area contributed by atoms with E-state index in [2.05, 4.69) is 10.3 Å². The van der Waals surface area contributed by atoms with Gasteiger partial charge in [0.05, 0.1) is 12.9 Å². The molecule has 0 atom stereocenters. The summed E-state index contributed by atoms with van der Waals surface area (Å²) in [6.07, 6.45) is 1.67. The summed E-state index contributed by atoms with van der Waals surface area (Å²) in [4.78, 5) is 4.02. The number of ether oxygens (including phenoxy) is 1. The maximum absolute atomic E-state index is 10.6. The van der Waals surface area contributed by atoms with E-state index in [-0.39, 0.29) is 5.75 Å². The molecule has 0 aliphatic rings. The fraction of sp³-hybridized carbons (Fsp3) is 0.444. The van der Waals surface area contributed by atoms with Gasteiger partial charge in [0.15, 0.2) is 0 Å². The van der Waals surface area contributed by atoms with Crippen molar-refractivity contribution in [3.63, 3.8) is 0 Å². The number of rotatable bonds is 6. The molecule has 0 aromatic carbocycles. The molecule has 0 amide bonds. The Morgan fingerprint density at radius 2 is 2.25 bits per heavy atom. The van der Waals surface area contributed by atoms with Crippen molar-refractivity contribution >= 4 is 10.0 Å². The lowest BCUT2D eigenvalue weighted by molar-refractivity contribution is 0.397. The number of methoxy groups -OCH3 is 1. The van der Waals surface area contributed by atoms with Gasteiger partial charge in [-0.15, -0.1) is 0 Å². The molecule has 0 saturated carbocycles. The number of nitrogens with one attached hydrogen (secondary N) is 1. The molecule has 0 unspecified atom stereocenters. The standard InChI is InChI=1S/C9H15N3O3S/c1-15-9-3-2-8(7-12-9)6-11-4-5-16(10,13)14/h2-3,7,11H,4-6H2,1H3,(H2,10,13,14). The highest BCUT2D eigenvalue weighted by Crippen LogP contribution is 2.05. The SMILES string of the molecule is COc1ccc(CNCCS(N)(=O)=O)cn1. The fourth-order valence-electron chi connectivity index (χ4n) is 1.08. The minimum Gasteiger partial charge on any atom is -0.481 e. The van der Waals surface area contributed by atoms with Crippen LogP contribution < -0.4 is 15.2 Å². The lowest BCUT2D eigenvalue weighted by Crippen LogP contribution is -2.26. The van der Waals surface area contributed by atoms with E-state index < -0.39 is 10.0 Å². The lowest BCUT2D eigenvalue weighted by atomic mass is 10.3. The number of hydrogen-bond acceptors (Lipinski definition) is 5. The Hall–Kier alpha value is -1.18. The summed E-state index contributed by atoms with van der Waals surface area (Å²) in [5.74, 6) is 0.477. The van der Waals surface area contributed by atoms with E-state index in [1.165, 1.54) is 0 Å². The van der Waals surface area contributed by atoms with E-state index in [9.17, 15) is 8.42 Å². The van der Waals surface area contributed by atoms with Gasteiger partial charge in [0.25, 0.3) is 0 Å². The van der Waals surface area contributed by atoms with Gasteiger partial charge in [-0.25, -0.2) is 18.5 Å². The maximum Gasteiger partial charge on any atom is 0.212 e. The van der Waals surface area contributed by atoms with E-state index in [4.69, 9.17) is 9.88 Å². The molecule has 1 aromatic rings. The van der Waals surface area contributed by atoms with Crippen molar-refractivity contribution in [1.29, 1.82) is 0 Å². The van der Waals surface area contributed by atoms with Crippen LogP contribution in [0.5, 0.6) is 5.88 Å². The number of hydrogen-bond donors (Lipinski definition) is 2. The average Bonchev–Trinajstić information content (AvgIpc) is 2.24. The molecular formula is C9H15N3O3S. The van der Waals surface area contributed by atoms with E-state index in [1.54, 1.807) is 19.4 Å². The Bertz CT molecular complexity index is 416. The predicted molar refractivity (Wildman–Crippen MR) is 60.5 cm³/mol. The smallest absolute Gasteiger partial charge is 0.212 e. The van der Waals surface area contributed by atoms with Crippen LogP contribution in [0.25, 0.3) is 0 Å². The number of sulfonamides is 1. The molecule has 90 valence electrons. The highest BCUT2D eigenvalue weighted by molar-refractivity contribution is 7.89. The molecule has 16 heavy (non-hydrogen) atoms. The third kappa shape index (κ3) is 5.06. The lowest BCUT2D eigenvalue weighted by Gasteiger charge is -2.04. The number of primary sulfonamides is 1. The zero-order valence-corrected chi connectivity index (χ0v) is 9.83. The van der Waals surface area contributed by atoms with Crippen molar-refractivity contribution in [1.82, 2.24) is 10.3 Å². The van der Waals surface area contributed by atoms with Crippen molar-refractivity contribution < 1.29 is 13.2 Å². The Morgan fingerprint density at radius 3 is 2.75 bits per heavy atom. The summed E-state index contributed by atoms with van der Waals surface area (Å²) >= 11 is 0. The van der Waals surface area contributed by atoms with Crippen molar-refractivity contribution in [2.75, 3.05) is 19.4 Å². The van der Waals surface area contributed by atoms with Crippen LogP contribution in [0.2, 0.25) is 0 Å². The van der Waals surface area contributed by atoms with Crippen LogP contribution in [0.1, 0.15) is 5.56 Å². The normalized spacial score (nSPS) is 11.4. The van der Waals surface area contributed by atoms with E-state index in [0.29, 0.717) is 19.0 Å². The van der Waals surface area contributed by atoms with Gasteiger partial charge in [-0.1, -0.05) is 6.07 Å². The molecule has 1 aromatic heterocycles. The first-order valence-corrected chi connectivity index (χ1v) is 6.43. The molecule has 6 nitrogen and oxygen atoms in total. The quantitative estimate of drug-likeness (QED) is 0.657. The highest BCUT2D eigenvalue weighted by Gasteiger charge is 2.01. The van der Waals surface area contributed by atoms with Gasteiger partial charge in [-0.2, -0.15) is 0 Å². The van der Waals surface area contributed by atoms with Gasteiger partial charge in [0.2, 0.25) is 15.9 Å². The van der Waals surface area contributed by atoms with Crippen molar-refractivity contribution in [2.24, 2.45) is 5.14 Å². The van der Waals surface area contributed by atoms with Crippen LogP contribution in [-0.2, 0) is 16.6 Å². The topological polar surface area (TPSA) is 94.3 Å². The highest BCUT2D eigenvalue weighted by atomic mass is 32.2. The van der Waals surface area contributed by atoms with Gasteiger partial charge in [0.1, 0.15) is 0 Å².